The van der Waals surface area contributed by atoms with E-state index in [-0.39, 0.29) is 0 Å². The first kappa shape index (κ1) is 8.74. The summed E-state index contributed by atoms with van der Waals surface area (Å²) in [5.41, 5.74) is 2.61. The topological polar surface area (TPSA) is 15.8 Å². The van der Waals surface area contributed by atoms with Crippen LogP contribution in [0.3, 0.4) is 0 Å². The number of aromatic nitrogens is 1. The van der Waals surface area contributed by atoms with Gasteiger partial charge in [-0.1, -0.05) is 24.3 Å². The molecule has 3 rings (SSSR count). The second-order valence-electron chi connectivity index (χ2n) is 3.62. The van der Waals surface area contributed by atoms with Crippen molar-refractivity contribution in [3.63, 3.8) is 0 Å². The van der Waals surface area contributed by atoms with Crippen molar-refractivity contribution < 1.29 is 0 Å². The maximum absolute atomic E-state index is 3.31. The van der Waals surface area contributed by atoms with E-state index in [1.807, 2.05) is 11.3 Å². The molecule has 1 nitrogen and oxygen atoms in total. The standard InChI is InChI=1S/C13H11NS/c1-2-6-13-12(5-1)10(9-14-13)8-11-4-3-7-15-11/h1-7,9,14H,8H2. The third-order valence-electron chi connectivity index (χ3n) is 2.62. The van der Waals surface area contributed by atoms with Gasteiger partial charge in [0.1, 0.15) is 0 Å². The van der Waals surface area contributed by atoms with Crippen molar-refractivity contribution in [1.29, 1.82) is 0 Å². The van der Waals surface area contributed by atoms with Crippen molar-refractivity contribution in [2.24, 2.45) is 0 Å². The molecule has 0 aliphatic carbocycles. The second kappa shape index (κ2) is 3.55. The van der Waals surface area contributed by atoms with Gasteiger partial charge in [0.2, 0.25) is 0 Å². The largest absolute Gasteiger partial charge is 0.361 e. The summed E-state index contributed by atoms with van der Waals surface area (Å²) in [5, 5.41) is 3.47. The van der Waals surface area contributed by atoms with E-state index in [4.69, 9.17) is 0 Å². The normalized spacial score (nSPS) is 10.9. The van der Waals surface area contributed by atoms with Gasteiger partial charge in [-0.25, -0.2) is 0 Å². The van der Waals surface area contributed by atoms with Gasteiger partial charge in [0.05, 0.1) is 0 Å². The summed E-state index contributed by atoms with van der Waals surface area (Å²) in [7, 11) is 0. The smallest absolute Gasteiger partial charge is 0.0456 e. The lowest BCUT2D eigenvalue weighted by Crippen LogP contribution is -1.80. The summed E-state index contributed by atoms with van der Waals surface area (Å²) in [6, 6.07) is 12.7. The highest BCUT2D eigenvalue weighted by Gasteiger charge is 2.03. The lowest BCUT2D eigenvalue weighted by Gasteiger charge is -1.95. The Bertz CT molecular complexity index is 563. The summed E-state index contributed by atoms with van der Waals surface area (Å²) >= 11 is 1.82. The summed E-state index contributed by atoms with van der Waals surface area (Å²) in [4.78, 5) is 4.72. The van der Waals surface area contributed by atoms with Crippen molar-refractivity contribution in [2.75, 3.05) is 0 Å². The molecular weight excluding hydrogens is 202 g/mol. The highest BCUT2D eigenvalue weighted by molar-refractivity contribution is 7.09. The number of fused-ring (bicyclic) bond motifs is 1. The molecule has 15 heavy (non-hydrogen) atoms. The van der Waals surface area contributed by atoms with Crippen LogP contribution in [0.25, 0.3) is 10.9 Å². The SMILES string of the molecule is c1csc(Cc2c[nH]c3ccccc23)c1. The molecule has 2 heteroatoms. The molecule has 0 radical (unpaired) electrons. The maximum Gasteiger partial charge on any atom is 0.0456 e. The molecule has 2 aromatic heterocycles. The van der Waals surface area contributed by atoms with Gasteiger partial charge in [-0.3, -0.25) is 0 Å². The van der Waals surface area contributed by atoms with Crippen molar-refractivity contribution in [1.82, 2.24) is 4.98 Å². The van der Waals surface area contributed by atoms with E-state index in [0.29, 0.717) is 0 Å². The van der Waals surface area contributed by atoms with Crippen LogP contribution in [0, 0.1) is 0 Å². The molecule has 0 atom stereocenters. The summed E-state index contributed by atoms with van der Waals surface area (Å²) in [6.45, 7) is 0. The van der Waals surface area contributed by atoms with Gasteiger partial charge >= 0.3 is 0 Å². The molecule has 0 saturated heterocycles. The van der Waals surface area contributed by atoms with Gasteiger partial charge in [0, 0.05) is 28.4 Å². The van der Waals surface area contributed by atoms with E-state index in [1.165, 1.54) is 21.3 Å². The monoisotopic (exact) mass is 213 g/mol. The fourth-order valence-electron chi connectivity index (χ4n) is 1.88. The highest BCUT2D eigenvalue weighted by Crippen LogP contribution is 2.22. The first-order valence-electron chi connectivity index (χ1n) is 5.01. The number of nitrogens with one attached hydrogen (secondary N) is 1. The van der Waals surface area contributed by atoms with Crippen LogP contribution in [-0.2, 0) is 6.42 Å². The van der Waals surface area contributed by atoms with Crippen molar-refractivity contribution in [3.05, 3.63) is 58.4 Å². The first-order chi connectivity index (χ1) is 7.43. The Balaban J connectivity index is 2.05. The van der Waals surface area contributed by atoms with Gasteiger partial charge in [-0.15, -0.1) is 11.3 Å². The minimum absolute atomic E-state index is 1.03. The predicted octanol–water partition coefficient (Wildman–Crippen LogP) is 3.82. The molecule has 0 aliphatic heterocycles. The second-order valence-corrected chi connectivity index (χ2v) is 4.65. The number of rotatable bonds is 2. The van der Waals surface area contributed by atoms with Gasteiger partial charge in [0.15, 0.2) is 0 Å². The molecular formula is C13H11NS. The Hall–Kier alpha value is -1.54. The molecule has 0 bridgehead atoms. The van der Waals surface area contributed by atoms with Crippen LogP contribution in [0.5, 0.6) is 0 Å². The van der Waals surface area contributed by atoms with Crippen LogP contribution in [0.1, 0.15) is 10.4 Å². The van der Waals surface area contributed by atoms with Gasteiger partial charge in [-0.05, 0) is 23.1 Å². The predicted molar refractivity (Wildman–Crippen MR) is 65.4 cm³/mol. The van der Waals surface area contributed by atoms with Crippen LogP contribution in [-0.4, -0.2) is 4.98 Å². The zero-order valence-corrected chi connectivity index (χ0v) is 9.05. The van der Waals surface area contributed by atoms with Crippen LogP contribution < -0.4 is 0 Å². The Morgan fingerprint density at radius 1 is 1.07 bits per heavy atom. The molecule has 74 valence electrons. The minimum Gasteiger partial charge on any atom is -0.361 e. The first-order valence-corrected chi connectivity index (χ1v) is 5.89. The molecule has 3 aromatic rings. The molecule has 0 saturated carbocycles. The Kier molecular flexibility index (Phi) is 2.07. The average molecular weight is 213 g/mol. The van der Waals surface area contributed by atoms with E-state index < -0.39 is 0 Å². The zero-order chi connectivity index (χ0) is 10.1. The zero-order valence-electron chi connectivity index (χ0n) is 8.23. The minimum atomic E-state index is 1.03. The molecule has 0 fully saturated rings. The average Bonchev–Trinajstić information content (AvgIpc) is 2.89. The van der Waals surface area contributed by atoms with E-state index in [2.05, 4.69) is 53.0 Å². The third-order valence-corrected chi connectivity index (χ3v) is 3.50. The summed E-state index contributed by atoms with van der Waals surface area (Å²) in [6.07, 6.45) is 3.14. The Morgan fingerprint density at radius 2 is 2.00 bits per heavy atom. The van der Waals surface area contributed by atoms with Crippen molar-refractivity contribution in [3.8, 4) is 0 Å². The summed E-state index contributed by atoms with van der Waals surface area (Å²) < 4.78 is 0. The highest BCUT2D eigenvalue weighted by atomic mass is 32.1. The van der Waals surface area contributed by atoms with Gasteiger partial charge < -0.3 is 4.98 Å². The quantitative estimate of drug-likeness (QED) is 0.666. The number of aromatic amines is 1. The van der Waals surface area contributed by atoms with Crippen LogP contribution in [0.4, 0.5) is 0 Å². The van der Waals surface area contributed by atoms with Crippen molar-refractivity contribution >= 4 is 22.2 Å². The third kappa shape index (κ3) is 1.57. The Labute approximate surface area is 92.4 Å². The molecule has 1 N–H and O–H groups in total. The molecule has 0 spiro atoms. The number of H-pyrrole nitrogens is 1. The summed E-state index contributed by atoms with van der Waals surface area (Å²) in [5.74, 6) is 0. The number of para-hydroxylation sites is 1. The number of thiophene rings is 1. The molecule has 2 heterocycles. The maximum atomic E-state index is 3.31. The van der Waals surface area contributed by atoms with Gasteiger partial charge in [-0.2, -0.15) is 0 Å². The van der Waals surface area contributed by atoms with E-state index >= 15 is 0 Å². The lowest BCUT2D eigenvalue weighted by atomic mass is 10.1. The van der Waals surface area contributed by atoms with E-state index in [1.54, 1.807) is 0 Å². The Morgan fingerprint density at radius 3 is 2.87 bits per heavy atom. The number of hydrogen-bond donors (Lipinski definition) is 1. The van der Waals surface area contributed by atoms with Gasteiger partial charge in [0.25, 0.3) is 0 Å². The van der Waals surface area contributed by atoms with Crippen LogP contribution in [0.2, 0.25) is 0 Å². The van der Waals surface area contributed by atoms with E-state index in [9.17, 15) is 0 Å². The van der Waals surface area contributed by atoms with Crippen molar-refractivity contribution in [2.45, 2.75) is 6.42 Å². The fraction of sp³-hybridized carbons (Fsp3) is 0.0769. The number of benzene rings is 1. The lowest BCUT2D eigenvalue weighted by molar-refractivity contribution is 1.26. The van der Waals surface area contributed by atoms with Crippen LogP contribution >= 0.6 is 11.3 Å². The van der Waals surface area contributed by atoms with E-state index in [0.717, 1.165) is 6.42 Å². The van der Waals surface area contributed by atoms with Crippen LogP contribution in [0.15, 0.2) is 48.0 Å². The molecule has 0 amide bonds. The molecule has 0 unspecified atom stereocenters. The fourth-order valence-corrected chi connectivity index (χ4v) is 2.61. The number of hydrogen-bond acceptors (Lipinski definition) is 1. The molecule has 0 aliphatic rings. The molecule has 1 aromatic carbocycles.